The Morgan fingerprint density at radius 3 is 2.40 bits per heavy atom. The minimum atomic E-state index is -3.85. The second-order valence-corrected chi connectivity index (χ2v) is 8.07. The summed E-state index contributed by atoms with van der Waals surface area (Å²) in [7, 11) is -3.85. The molecular formula is C21H18N2O6S. The molecule has 0 fully saturated rings. The van der Waals surface area contributed by atoms with Crippen LogP contribution in [0.25, 0.3) is 0 Å². The first-order valence-electron chi connectivity index (χ1n) is 8.90. The van der Waals surface area contributed by atoms with Crippen molar-refractivity contribution in [1.29, 1.82) is 0 Å². The van der Waals surface area contributed by atoms with Crippen molar-refractivity contribution in [3.05, 3.63) is 106 Å². The average molecular weight is 426 g/mol. The van der Waals surface area contributed by atoms with Crippen LogP contribution in [0.15, 0.2) is 83.8 Å². The van der Waals surface area contributed by atoms with E-state index in [9.17, 15) is 23.3 Å². The van der Waals surface area contributed by atoms with Gasteiger partial charge in [-0.15, -0.1) is 0 Å². The summed E-state index contributed by atoms with van der Waals surface area (Å²) in [5, 5.41) is 11.0. The van der Waals surface area contributed by atoms with Gasteiger partial charge in [-0.05, 0) is 29.8 Å². The Bertz CT molecular complexity index is 1160. The molecule has 154 valence electrons. The van der Waals surface area contributed by atoms with Crippen LogP contribution in [0.3, 0.4) is 0 Å². The van der Waals surface area contributed by atoms with Crippen molar-refractivity contribution in [1.82, 2.24) is 4.72 Å². The number of sulfonamides is 1. The van der Waals surface area contributed by atoms with Gasteiger partial charge in [0.2, 0.25) is 10.0 Å². The number of rotatable bonds is 8. The number of carbonyl (C=O) groups is 1. The molecule has 0 aliphatic carbocycles. The van der Waals surface area contributed by atoms with Crippen molar-refractivity contribution >= 4 is 21.7 Å². The minimum absolute atomic E-state index is 0.0242. The van der Waals surface area contributed by atoms with Crippen molar-refractivity contribution in [2.45, 2.75) is 18.0 Å². The first-order chi connectivity index (χ1) is 14.4. The van der Waals surface area contributed by atoms with Crippen LogP contribution in [0.4, 0.5) is 5.69 Å². The van der Waals surface area contributed by atoms with E-state index in [0.29, 0.717) is 0 Å². The molecule has 3 aromatic rings. The number of nitrogens with one attached hydrogen (secondary N) is 1. The number of carbonyl (C=O) groups excluding carboxylic acids is 1. The Balaban J connectivity index is 1.70. The summed E-state index contributed by atoms with van der Waals surface area (Å²) in [6, 6.07) is 20.3. The predicted molar refractivity (Wildman–Crippen MR) is 109 cm³/mol. The second-order valence-electron chi connectivity index (χ2n) is 6.30. The van der Waals surface area contributed by atoms with Crippen molar-refractivity contribution in [2.75, 3.05) is 0 Å². The molecule has 0 aliphatic heterocycles. The summed E-state index contributed by atoms with van der Waals surface area (Å²) in [5.41, 5.74) is 0.896. The molecule has 8 nitrogen and oxygen atoms in total. The van der Waals surface area contributed by atoms with Gasteiger partial charge in [0.05, 0.1) is 20.9 Å². The Labute approximate surface area is 173 Å². The molecular weight excluding hydrogens is 408 g/mol. The molecule has 30 heavy (non-hydrogen) atoms. The first-order valence-corrected chi connectivity index (χ1v) is 10.4. The van der Waals surface area contributed by atoms with E-state index < -0.39 is 20.9 Å². The fraction of sp³-hybridized carbons (Fsp3) is 0.0952. The Hall–Kier alpha value is -3.56. The van der Waals surface area contributed by atoms with E-state index in [-0.39, 0.29) is 34.9 Å². The largest absolute Gasteiger partial charge is 0.457 e. The van der Waals surface area contributed by atoms with Gasteiger partial charge in [0.25, 0.3) is 5.69 Å². The fourth-order valence-electron chi connectivity index (χ4n) is 2.69. The first kappa shape index (κ1) is 21.2. The number of hydrogen-bond acceptors (Lipinski definition) is 6. The maximum Gasteiger partial charge on any atom is 0.338 e. The van der Waals surface area contributed by atoms with Gasteiger partial charge in [0.1, 0.15) is 6.61 Å². The van der Waals surface area contributed by atoms with Crippen LogP contribution in [0.2, 0.25) is 0 Å². The van der Waals surface area contributed by atoms with Crippen LogP contribution >= 0.6 is 0 Å². The molecule has 0 atom stereocenters. The number of nitro benzene ring substituents is 1. The number of esters is 1. The van der Waals surface area contributed by atoms with Crippen LogP contribution in [-0.2, 0) is 27.9 Å². The molecule has 1 N–H and O–H groups in total. The highest BCUT2D eigenvalue weighted by Gasteiger charge is 2.18. The molecule has 0 aliphatic rings. The summed E-state index contributed by atoms with van der Waals surface area (Å²) < 4.78 is 32.7. The van der Waals surface area contributed by atoms with Gasteiger partial charge < -0.3 is 4.74 Å². The van der Waals surface area contributed by atoms with Gasteiger partial charge >= 0.3 is 5.97 Å². The third-order valence-electron chi connectivity index (χ3n) is 4.24. The van der Waals surface area contributed by atoms with Crippen molar-refractivity contribution < 1.29 is 22.9 Å². The van der Waals surface area contributed by atoms with E-state index in [4.69, 9.17) is 4.74 Å². The SMILES string of the molecule is O=C(OCc1ccccc1[N+](=O)[O-])c1cccc(S(=O)(=O)NCc2ccccc2)c1. The number of para-hydroxylation sites is 1. The summed E-state index contributed by atoms with van der Waals surface area (Å²) in [6.45, 7) is -0.200. The molecule has 0 heterocycles. The molecule has 0 spiro atoms. The van der Waals surface area contributed by atoms with Crippen molar-refractivity contribution in [3.63, 3.8) is 0 Å². The summed E-state index contributed by atoms with van der Waals surface area (Å²) >= 11 is 0. The van der Waals surface area contributed by atoms with Crippen LogP contribution in [0, 0.1) is 10.1 Å². The summed E-state index contributed by atoms with van der Waals surface area (Å²) in [5.74, 6) is -0.784. The van der Waals surface area contributed by atoms with Gasteiger partial charge in [-0.25, -0.2) is 17.9 Å². The number of benzene rings is 3. The van der Waals surface area contributed by atoms with Crippen LogP contribution in [-0.4, -0.2) is 19.3 Å². The Morgan fingerprint density at radius 1 is 0.967 bits per heavy atom. The lowest BCUT2D eigenvalue weighted by atomic mass is 10.2. The van der Waals surface area contributed by atoms with E-state index in [1.807, 2.05) is 6.07 Å². The summed E-state index contributed by atoms with van der Waals surface area (Å²) in [6.07, 6.45) is 0. The van der Waals surface area contributed by atoms with E-state index in [1.165, 1.54) is 42.5 Å². The standard InChI is InChI=1S/C21H18N2O6S/c24-21(29-15-18-9-4-5-12-20(18)23(25)26)17-10-6-11-19(13-17)30(27,28)22-14-16-7-2-1-3-8-16/h1-13,22H,14-15H2. The van der Waals surface area contributed by atoms with E-state index in [1.54, 1.807) is 30.3 Å². The maximum absolute atomic E-state index is 12.5. The van der Waals surface area contributed by atoms with E-state index >= 15 is 0 Å². The zero-order valence-corrected chi connectivity index (χ0v) is 16.5. The number of nitro groups is 1. The topological polar surface area (TPSA) is 116 Å². The lowest BCUT2D eigenvalue weighted by molar-refractivity contribution is -0.385. The molecule has 0 radical (unpaired) electrons. The molecule has 0 unspecified atom stereocenters. The molecule has 0 bridgehead atoms. The molecule has 0 aromatic heterocycles. The van der Waals surface area contributed by atoms with Crippen molar-refractivity contribution in [2.24, 2.45) is 0 Å². The lowest BCUT2D eigenvalue weighted by Gasteiger charge is -2.09. The number of ether oxygens (including phenoxy) is 1. The second kappa shape index (κ2) is 9.29. The quantitative estimate of drug-likeness (QED) is 0.335. The van der Waals surface area contributed by atoms with E-state index in [2.05, 4.69) is 4.72 Å². The van der Waals surface area contributed by atoms with Crippen molar-refractivity contribution in [3.8, 4) is 0 Å². The third kappa shape index (κ3) is 5.28. The minimum Gasteiger partial charge on any atom is -0.457 e. The van der Waals surface area contributed by atoms with Crippen LogP contribution in [0.5, 0.6) is 0 Å². The monoisotopic (exact) mass is 426 g/mol. The molecule has 0 amide bonds. The smallest absolute Gasteiger partial charge is 0.338 e. The zero-order valence-electron chi connectivity index (χ0n) is 15.7. The Kier molecular flexibility index (Phi) is 6.55. The summed E-state index contributed by atoms with van der Waals surface area (Å²) in [4.78, 5) is 22.8. The lowest BCUT2D eigenvalue weighted by Crippen LogP contribution is -2.23. The maximum atomic E-state index is 12.5. The molecule has 9 heteroatoms. The van der Waals surface area contributed by atoms with Gasteiger partial charge in [-0.2, -0.15) is 0 Å². The normalized spacial score (nSPS) is 11.1. The van der Waals surface area contributed by atoms with Gasteiger partial charge in [0, 0.05) is 12.6 Å². The number of hydrogen-bond donors (Lipinski definition) is 1. The van der Waals surface area contributed by atoms with Crippen LogP contribution in [0.1, 0.15) is 21.5 Å². The van der Waals surface area contributed by atoms with Crippen LogP contribution < -0.4 is 4.72 Å². The van der Waals surface area contributed by atoms with Gasteiger partial charge in [-0.3, -0.25) is 10.1 Å². The Morgan fingerprint density at radius 2 is 1.67 bits per heavy atom. The zero-order chi connectivity index (χ0) is 21.6. The molecule has 3 rings (SSSR count). The van der Waals surface area contributed by atoms with Gasteiger partial charge in [0.15, 0.2) is 0 Å². The highest BCUT2D eigenvalue weighted by molar-refractivity contribution is 7.89. The molecule has 0 saturated heterocycles. The third-order valence-corrected chi connectivity index (χ3v) is 5.64. The fourth-order valence-corrected chi connectivity index (χ4v) is 3.75. The highest BCUT2D eigenvalue weighted by Crippen LogP contribution is 2.19. The van der Waals surface area contributed by atoms with Gasteiger partial charge in [-0.1, -0.05) is 48.5 Å². The predicted octanol–water partition coefficient (Wildman–Crippen LogP) is 3.43. The van der Waals surface area contributed by atoms with E-state index in [0.717, 1.165) is 5.56 Å². The molecule has 0 saturated carbocycles. The number of nitrogens with zero attached hydrogens (tertiary/aromatic N) is 1. The highest BCUT2D eigenvalue weighted by atomic mass is 32.2. The molecule has 3 aromatic carbocycles. The average Bonchev–Trinajstić information content (AvgIpc) is 2.77.